The first-order chi connectivity index (χ1) is 11.3. The number of furan rings is 1. The summed E-state index contributed by atoms with van der Waals surface area (Å²) in [4.78, 5) is 2.28. The predicted molar refractivity (Wildman–Crippen MR) is 86.6 cm³/mol. The summed E-state index contributed by atoms with van der Waals surface area (Å²) >= 11 is 0. The molecule has 2 aromatic heterocycles. The monoisotopic (exact) mass is 312 g/mol. The minimum atomic E-state index is 0.649. The van der Waals surface area contributed by atoms with E-state index in [1.54, 1.807) is 13.4 Å². The molecule has 0 N–H and O–H groups in total. The highest BCUT2D eigenvalue weighted by Gasteiger charge is 2.13. The van der Waals surface area contributed by atoms with Gasteiger partial charge in [-0.3, -0.25) is 4.90 Å². The number of aromatic nitrogens is 1. The van der Waals surface area contributed by atoms with Gasteiger partial charge in [0.2, 0.25) is 5.76 Å². The van der Waals surface area contributed by atoms with E-state index in [1.807, 2.05) is 24.3 Å². The Labute approximate surface area is 135 Å². The zero-order valence-corrected chi connectivity index (χ0v) is 13.1. The van der Waals surface area contributed by atoms with E-state index in [1.165, 1.54) is 5.56 Å². The van der Waals surface area contributed by atoms with Crippen LogP contribution in [0.15, 0.2) is 63.7 Å². The zero-order chi connectivity index (χ0) is 15.9. The number of nitrogens with zero attached hydrogens (tertiary/aromatic N) is 2. The van der Waals surface area contributed by atoms with Gasteiger partial charge >= 0.3 is 0 Å². The molecule has 0 saturated heterocycles. The van der Waals surface area contributed by atoms with Crippen molar-refractivity contribution in [1.82, 2.24) is 10.1 Å². The lowest BCUT2D eigenvalue weighted by atomic mass is 10.2. The molecular formula is C18H20N2O3. The van der Waals surface area contributed by atoms with Gasteiger partial charge < -0.3 is 13.7 Å². The molecule has 5 heteroatoms. The second-order valence-electron chi connectivity index (χ2n) is 5.35. The van der Waals surface area contributed by atoms with Crippen molar-refractivity contribution in [2.24, 2.45) is 0 Å². The Morgan fingerprint density at radius 2 is 1.91 bits per heavy atom. The Kier molecular flexibility index (Phi) is 5.24. The van der Waals surface area contributed by atoms with Gasteiger partial charge in [0.05, 0.1) is 18.6 Å². The smallest absolute Gasteiger partial charge is 0.202 e. The largest absolute Gasteiger partial charge is 0.461 e. The highest BCUT2D eigenvalue weighted by Crippen LogP contribution is 2.21. The molecule has 0 aliphatic rings. The van der Waals surface area contributed by atoms with Gasteiger partial charge in [-0.25, -0.2) is 0 Å². The molecule has 0 spiro atoms. The highest BCUT2D eigenvalue weighted by atomic mass is 16.5. The Balaban J connectivity index is 1.68. The number of methoxy groups -OCH3 is 1. The van der Waals surface area contributed by atoms with Crippen LogP contribution in [-0.2, 0) is 17.8 Å². The molecule has 23 heavy (non-hydrogen) atoms. The molecule has 5 nitrogen and oxygen atoms in total. The number of hydrogen-bond donors (Lipinski definition) is 0. The predicted octanol–water partition coefficient (Wildman–Crippen LogP) is 3.58. The first-order valence-electron chi connectivity index (χ1n) is 7.60. The number of rotatable bonds is 8. The second kappa shape index (κ2) is 7.76. The molecule has 0 amide bonds. The number of ether oxygens (including phenoxy) is 1. The van der Waals surface area contributed by atoms with E-state index in [0.29, 0.717) is 24.7 Å². The Morgan fingerprint density at radius 3 is 2.65 bits per heavy atom. The van der Waals surface area contributed by atoms with E-state index in [0.717, 1.165) is 18.8 Å². The summed E-state index contributed by atoms with van der Waals surface area (Å²) < 4.78 is 15.9. The fourth-order valence-electron chi connectivity index (χ4n) is 2.43. The van der Waals surface area contributed by atoms with Gasteiger partial charge in [0.15, 0.2) is 5.76 Å². The van der Waals surface area contributed by atoms with Crippen molar-refractivity contribution >= 4 is 0 Å². The normalized spacial score (nSPS) is 11.2. The summed E-state index contributed by atoms with van der Waals surface area (Å²) in [7, 11) is 1.71. The lowest BCUT2D eigenvalue weighted by Gasteiger charge is -2.20. The van der Waals surface area contributed by atoms with E-state index in [-0.39, 0.29) is 0 Å². The van der Waals surface area contributed by atoms with Crippen molar-refractivity contribution in [3.63, 3.8) is 0 Å². The van der Waals surface area contributed by atoms with Crippen LogP contribution in [0, 0.1) is 0 Å². The molecule has 2 heterocycles. The molecule has 3 aromatic rings. The van der Waals surface area contributed by atoms with Crippen molar-refractivity contribution in [1.29, 1.82) is 0 Å². The van der Waals surface area contributed by atoms with Crippen LogP contribution < -0.4 is 0 Å². The van der Waals surface area contributed by atoms with Crippen LogP contribution in [0.4, 0.5) is 0 Å². The molecular weight excluding hydrogens is 292 g/mol. The Hall–Kier alpha value is -2.37. The number of benzene rings is 1. The van der Waals surface area contributed by atoms with Crippen molar-refractivity contribution in [3.05, 3.63) is 66.1 Å². The molecule has 0 radical (unpaired) electrons. The maximum atomic E-state index is 5.36. The maximum Gasteiger partial charge on any atom is 0.202 e. The minimum Gasteiger partial charge on any atom is -0.461 e. The summed E-state index contributed by atoms with van der Waals surface area (Å²) in [5.41, 5.74) is 2.14. The SMILES string of the molecule is COCCN(Cc1ccccc1)Cc1cc(-c2ccco2)on1. The quantitative estimate of drug-likeness (QED) is 0.636. The van der Waals surface area contributed by atoms with Gasteiger partial charge in [-0.2, -0.15) is 0 Å². The summed E-state index contributed by atoms with van der Waals surface area (Å²) in [6.45, 7) is 3.04. The third-order valence-corrected chi connectivity index (χ3v) is 3.57. The Bertz CT molecular complexity index is 692. The topological polar surface area (TPSA) is 51.6 Å². The van der Waals surface area contributed by atoms with Crippen molar-refractivity contribution in [2.45, 2.75) is 13.1 Å². The molecule has 0 bridgehead atoms. The number of hydrogen-bond acceptors (Lipinski definition) is 5. The van der Waals surface area contributed by atoms with Gasteiger partial charge in [-0.1, -0.05) is 35.5 Å². The molecule has 0 aliphatic heterocycles. The van der Waals surface area contributed by atoms with Crippen LogP contribution in [0.25, 0.3) is 11.5 Å². The Morgan fingerprint density at radius 1 is 1.04 bits per heavy atom. The lowest BCUT2D eigenvalue weighted by Crippen LogP contribution is -2.26. The first-order valence-corrected chi connectivity index (χ1v) is 7.60. The van der Waals surface area contributed by atoms with Crippen molar-refractivity contribution in [2.75, 3.05) is 20.3 Å². The minimum absolute atomic E-state index is 0.649. The fraction of sp³-hybridized carbons (Fsp3) is 0.278. The molecule has 0 aliphatic carbocycles. The standard InChI is InChI=1S/C18H20N2O3/c1-21-11-9-20(13-15-6-3-2-4-7-15)14-16-12-18(23-19-16)17-8-5-10-22-17/h2-8,10,12H,9,11,13-14H2,1H3. The highest BCUT2D eigenvalue weighted by molar-refractivity contribution is 5.49. The van der Waals surface area contributed by atoms with Crippen LogP contribution in [-0.4, -0.2) is 30.3 Å². The first kappa shape index (κ1) is 15.5. The molecule has 3 rings (SSSR count). The lowest BCUT2D eigenvalue weighted by molar-refractivity contribution is 0.138. The van der Waals surface area contributed by atoms with Crippen LogP contribution in [0.1, 0.15) is 11.3 Å². The van der Waals surface area contributed by atoms with E-state index < -0.39 is 0 Å². The second-order valence-corrected chi connectivity index (χ2v) is 5.35. The van der Waals surface area contributed by atoms with Crippen LogP contribution in [0.5, 0.6) is 0 Å². The molecule has 0 fully saturated rings. The van der Waals surface area contributed by atoms with Crippen LogP contribution in [0.2, 0.25) is 0 Å². The summed E-state index contributed by atoms with van der Waals surface area (Å²) in [5.74, 6) is 1.34. The van der Waals surface area contributed by atoms with E-state index >= 15 is 0 Å². The third kappa shape index (κ3) is 4.31. The summed E-state index contributed by atoms with van der Waals surface area (Å²) in [5, 5.41) is 4.14. The molecule has 120 valence electrons. The fourth-order valence-corrected chi connectivity index (χ4v) is 2.43. The van der Waals surface area contributed by atoms with Gasteiger partial charge in [0, 0.05) is 32.8 Å². The molecule has 0 unspecified atom stereocenters. The van der Waals surface area contributed by atoms with Gasteiger partial charge in [-0.05, 0) is 17.7 Å². The summed E-state index contributed by atoms with van der Waals surface area (Å²) in [6.07, 6.45) is 1.62. The third-order valence-electron chi connectivity index (χ3n) is 3.57. The van der Waals surface area contributed by atoms with E-state index in [2.05, 4.69) is 34.3 Å². The zero-order valence-electron chi connectivity index (χ0n) is 13.1. The van der Waals surface area contributed by atoms with E-state index in [9.17, 15) is 0 Å². The molecule has 1 aromatic carbocycles. The van der Waals surface area contributed by atoms with Gasteiger partial charge in [0.1, 0.15) is 0 Å². The van der Waals surface area contributed by atoms with Crippen molar-refractivity contribution < 1.29 is 13.7 Å². The van der Waals surface area contributed by atoms with Crippen molar-refractivity contribution in [3.8, 4) is 11.5 Å². The average Bonchev–Trinajstić information content (AvgIpc) is 3.25. The van der Waals surface area contributed by atoms with E-state index in [4.69, 9.17) is 13.7 Å². The van der Waals surface area contributed by atoms with Crippen LogP contribution >= 0.6 is 0 Å². The van der Waals surface area contributed by atoms with Gasteiger partial charge in [-0.15, -0.1) is 0 Å². The van der Waals surface area contributed by atoms with Crippen LogP contribution in [0.3, 0.4) is 0 Å². The van der Waals surface area contributed by atoms with Gasteiger partial charge in [0.25, 0.3) is 0 Å². The maximum absolute atomic E-state index is 5.36. The average molecular weight is 312 g/mol. The summed E-state index contributed by atoms with van der Waals surface area (Å²) in [6, 6.07) is 16.0. The molecule has 0 atom stereocenters. The molecule has 0 saturated carbocycles.